The molecule has 0 amide bonds. The molecule has 1 heterocycles. The lowest BCUT2D eigenvalue weighted by Gasteiger charge is -2.07. The Bertz CT molecular complexity index is 577. The van der Waals surface area contributed by atoms with Crippen molar-refractivity contribution in [3.05, 3.63) is 40.7 Å². The molecule has 1 aromatic carbocycles. The van der Waals surface area contributed by atoms with Crippen molar-refractivity contribution in [1.29, 1.82) is 0 Å². The van der Waals surface area contributed by atoms with Crippen LogP contribution in [-0.2, 0) is 7.05 Å². The predicted molar refractivity (Wildman–Crippen MR) is 70.8 cm³/mol. The molecule has 7 heteroatoms. The SMILES string of the molecule is CCOc1ccc(Nc2c([N+](=O)[O-])ncn2C)cc1. The number of nitrogens with zero attached hydrogens (tertiary/aromatic N) is 3. The summed E-state index contributed by atoms with van der Waals surface area (Å²) in [5.41, 5.74) is 0.732. The zero-order valence-corrected chi connectivity index (χ0v) is 10.7. The molecule has 100 valence electrons. The van der Waals surface area contributed by atoms with Gasteiger partial charge in [0.2, 0.25) is 12.1 Å². The largest absolute Gasteiger partial charge is 0.494 e. The van der Waals surface area contributed by atoms with Crippen molar-refractivity contribution in [2.24, 2.45) is 7.05 Å². The van der Waals surface area contributed by atoms with Crippen molar-refractivity contribution < 1.29 is 9.66 Å². The monoisotopic (exact) mass is 262 g/mol. The van der Waals surface area contributed by atoms with E-state index in [1.54, 1.807) is 35.9 Å². The molecular formula is C12H14N4O3. The van der Waals surface area contributed by atoms with Gasteiger partial charge in [-0.25, -0.2) is 0 Å². The number of hydrogen-bond acceptors (Lipinski definition) is 5. The van der Waals surface area contributed by atoms with Crippen molar-refractivity contribution in [2.75, 3.05) is 11.9 Å². The molecule has 0 radical (unpaired) electrons. The predicted octanol–water partition coefficient (Wildman–Crippen LogP) is 2.47. The standard InChI is InChI=1S/C12H14N4O3/c1-3-19-10-6-4-9(5-7-10)14-12-11(16(17)18)13-8-15(12)2/h4-8,14H,3H2,1-2H3. The summed E-state index contributed by atoms with van der Waals surface area (Å²) < 4.78 is 6.89. The van der Waals surface area contributed by atoms with Crippen LogP contribution in [0.3, 0.4) is 0 Å². The van der Waals surface area contributed by atoms with Crippen LogP contribution in [0.2, 0.25) is 0 Å². The van der Waals surface area contributed by atoms with Crippen LogP contribution in [0.4, 0.5) is 17.3 Å². The average Bonchev–Trinajstić information content (AvgIpc) is 2.74. The van der Waals surface area contributed by atoms with Crippen molar-refractivity contribution in [3.8, 4) is 5.75 Å². The quantitative estimate of drug-likeness (QED) is 0.661. The Morgan fingerprint density at radius 3 is 2.68 bits per heavy atom. The number of imidazole rings is 1. The Hall–Kier alpha value is -2.57. The lowest BCUT2D eigenvalue weighted by atomic mass is 10.3. The lowest BCUT2D eigenvalue weighted by Crippen LogP contribution is -2.00. The fourth-order valence-electron chi connectivity index (χ4n) is 1.63. The highest BCUT2D eigenvalue weighted by Crippen LogP contribution is 2.26. The average molecular weight is 262 g/mol. The molecule has 0 bridgehead atoms. The Morgan fingerprint density at radius 1 is 1.42 bits per heavy atom. The van der Waals surface area contributed by atoms with E-state index in [4.69, 9.17) is 4.74 Å². The van der Waals surface area contributed by atoms with Gasteiger partial charge in [0.25, 0.3) is 0 Å². The van der Waals surface area contributed by atoms with E-state index in [0.717, 1.165) is 11.4 Å². The topological polar surface area (TPSA) is 82.2 Å². The second-order valence-corrected chi connectivity index (χ2v) is 3.87. The van der Waals surface area contributed by atoms with Gasteiger partial charge in [-0.3, -0.25) is 4.57 Å². The van der Waals surface area contributed by atoms with Crippen molar-refractivity contribution in [1.82, 2.24) is 9.55 Å². The molecule has 0 saturated carbocycles. The van der Waals surface area contributed by atoms with Crippen LogP contribution in [0.15, 0.2) is 30.6 Å². The van der Waals surface area contributed by atoms with Gasteiger partial charge in [0.15, 0.2) is 0 Å². The smallest absolute Gasteiger partial charge is 0.406 e. The zero-order valence-electron chi connectivity index (χ0n) is 10.7. The van der Waals surface area contributed by atoms with Crippen molar-refractivity contribution in [3.63, 3.8) is 0 Å². The molecule has 1 aromatic heterocycles. The van der Waals surface area contributed by atoms with Gasteiger partial charge in [-0.05, 0) is 41.1 Å². The minimum absolute atomic E-state index is 0.198. The highest BCUT2D eigenvalue weighted by atomic mass is 16.6. The van der Waals surface area contributed by atoms with Crippen LogP contribution < -0.4 is 10.1 Å². The van der Waals surface area contributed by atoms with Gasteiger partial charge in [-0.2, -0.15) is 0 Å². The molecule has 0 aliphatic carbocycles. The number of nitro groups is 1. The van der Waals surface area contributed by atoms with E-state index in [9.17, 15) is 10.1 Å². The van der Waals surface area contributed by atoms with Crippen LogP contribution >= 0.6 is 0 Å². The van der Waals surface area contributed by atoms with Crippen molar-refractivity contribution in [2.45, 2.75) is 6.92 Å². The second kappa shape index (κ2) is 5.38. The number of rotatable bonds is 5. The maximum absolute atomic E-state index is 10.8. The molecule has 2 aromatic rings. The number of benzene rings is 1. The van der Waals surface area contributed by atoms with E-state index >= 15 is 0 Å². The first-order valence-corrected chi connectivity index (χ1v) is 5.77. The highest BCUT2D eigenvalue weighted by Gasteiger charge is 2.19. The highest BCUT2D eigenvalue weighted by molar-refractivity contribution is 5.64. The number of ether oxygens (including phenoxy) is 1. The number of anilines is 2. The third-order valence-corrected chi connectivity index (χ3v) is 2.52. The van der Waals surface area contributed by atoms with Crippen LogP contribution in [0.5, 0.6) is 5.75 Å². The number of hydrogen-bond donors (Lipinski definition) is 1. The fourth-order valence-corrected chi connectivity index (χ4v) is 1.63. The van der Waals surface area contributed by atoms with Gasteiger partial charge >= 0.3 is 5.82 Å². The summed E-state index contributed by atoms with van der Waals surface area (Å²) in [5.74, 6) is 0.901. The summed E-state index contributed by atoms with van der Waals surface area (Å²) in [7, 11) is 1.69. The number of nitrogens with one attached hydrogen (secondary N) is 1. The summed E-state index contributed by atoms with van der Waals surface area (Å²) in [5, 5.41) is 13.8. The zero-order chi connectivity index (χ0) is 13.8. The van der Waals surface area contributed by atoms with Gasteiger partial charge in [-0.1, -0.05) is 0 Å². The van der Waals surface area contributed by atoms with Crippen LogP contribution in [-0.4, -0.2) is 21.1 Å². The van der Waals surface area contributed by atoms with Gasteiger partial charge in [0.05, 0.1) is 6.61 Å². The van der Waals surface area contributed by atoms with E-state index in [1.807, 2.05) is 6.92 Å². The molecule has 0 spiro atoms. The third kappa shape index (κ3) is 2.82. The summed E-state index contributed by atoms with van der Waals surface area (Å²) >= 11 is 0. The Labute approximate surface area is 110 Å². The minimum atomic E-state index is -0.517. The van der Waals surface area contributed by atoms with Gasteiger partial charge in [0.1, 0.15) is 5.75 Å². The summed E-state index contributed by atoms with van der Waals surface area (Å²) in [6.07, 6.45) is 1.40. The molecule has 0 fully saturated rings. The van der Waals surface area contributed by atoms with Gasteiger partial charge in [-0.15, -0.1) is 0 Å². The molecule has 7 nitrogen and oxygen atoms in total. The molecule has 2 rings (SSSR count). The molecule has 0 atom stereocenters. The maximum Gasteiger partial charge on any atom is 0.406 e. The Morgan fingerprint density at radius 2 is 2.11 bits per heavy atom. The molecule has 0 unspecified atom stereocenters. The third-order valence-electron chi connectivity index (χ3n) is 2.52. The van der Waals surface area contributed by atoms with Gasteiger partial charge in [0, 0.05) is 12.7 Å². The molecule has 1 N–H and O–H groups in total. The fraction of sp³-hybridized carbons (Fsp3) is 0.250. The molecule has 0 saturated heterocycles. The first kappa shape index (κ1) is 12.9. The van der Waals surface area contributed by atoms with Crippen LogP contribution in [0, 0.1) is 10.1 Å². The van der Waals surface area contributed by atoms with Crippen LogP contribution in [0.1, 0.15) is 6.92 Å². The van der Waals surface area contributed by atoms with Crippen LogP contribution in [0.25, 0.3) is 0 Å². The minimum Gasteiger partial charge on any atom is -0.494 e. The van der Waals surface area contributed by atoms with E-state index in [0.29, 0.717) is 12.4 Å². The molecule has 19 heavy (non-hydrogen) atoms. The summed E-state index contributed by atoms with van der Waals surface area (Å²) in [6, 6.07) is 7.19. The molecule has 0 aliphatic heterocycles. The Kier molecular flexibility index (Phi) is 3.65. The molecule has 0 aliphatic rings. The molecular weight excluding hydrogens is 248 g/mol. The van der Waals surface area contributed by atoms with Gasteiger partial charge < -0.3 is 20.2 Å². The lowest BCUT2D eigenvalue weighted by molar-refractivity contribution is -0.388. The van der Waals surface area contributed by atoms with E-state index < -0.39 is 4.92 Å². The first-order chi connectivity index (χ1) is 9.11. The van der Waals surface area contributed by atoms with E-state index in [2.05, 4.69) is 10.3 Å². The normalized spacial score (nSPS) is 10.2. The van der Waals surface area contributed by atoms with E-state index in [1.165, 1.54) is 6.33 Å². The number of aromatic nitrogens is 2. The first-order valence-electron chi connectivity index (χ1n) is 5.77. The van der Waals surface area contributed by atoms with Crippen molar-refractivity contribution >= 4 is 17.3 Å². The Balaban J connectivity index is 2.21. The summed E-state index contributed by atoms with van der Waals surface area (Å²) in [4.78, 5) is 14.1. The second-order valence-electron chi connectivity index (χ2n) is 3.87. The maximum atomic E-state index is 10.8. The van der Waals surface area contributed by atoms with E-state index in [-0.39, 0.29) is 5.82 Å². The number of aryl methyl sites for hydroxylation is 1. The summed E-state index contributed by atoms with van der Waals surface area (Å²) in [6.45, 7) is 2.51.